The summed E-state index contributed by atoms with van der Waals surface area (Å²) in [7, 11) is 0. The summed E-state index contributed by atoms with van der Waals surface area (Å²) in [5.74, 6) is 1.14. The molecule has 2 aromatic rings. The van der Waals surface area contributed by atoms with Crippen LogP contribution in [-0.2, 0) is 21.8 Å². The third-order valence-corrected chi connectivity index (χ3v) is 5.74. The zero-order chi connectivity index (χ0) is 20.9. The molecular weight excluding hydrogens is 380 g/mol. The predicted molar refractivity (Wildman–Crippen MR) is 122 cm³/mol. The molecule has 0 unspecified atom stereocenters. The predicted octanol–water partition coefficient (Wildman–Crippen LogP) is 4.30. The molecule has 5 heteroatoms. The number of thioether (sulfide) groups is 1. The van der Waals surface area contributed by atoms with Crippen LogP contribution in [0, 0.1) is 0 Å². The van der Waals surface area contributed by atoms with E-state index in [1.165, 1.54) is 11.1 Å². The van der Waals surface area contributed by atoms with Gasteiger partial charge in [0.25, 0.3) is 0 Å². The summed E-state index contributed by atoms with van der Waals surface area (Å²) in [6, 6.07) is 19.8. The van der Waals surface area contributed by atoms with Gasteiger partial charge in [-0.1, -0.05) is 74.5 Å². The molecular formula is C24H32N2O2S. The van der Waals surface area contributed by atoms with Gasteiger partial charge in [-0.25, -0.2) is 0 Å². The largest absolute Gasteiger partial charge is 0.354 e. The van der Waals surface area contributed by atoms with E-state index in [1.54, 1.807) is 16.7 Å². The molecule has 4 nitrogen and oxygen atoms in total. The molecule has 0 saturated carbocycles. The Labute approximate surface area is 179 Å². The highest BCUT2D eigenvalue weighted by Crippen LogP contribution is 2.15. The number of rotatable bonds is 12. The van der Waals surface area contributed by atoms with Gasteiger partial charge in [-0.05, 0) is 30.4 Å². The average molecular weight is 413 g/mol. The van der Waals surface area contributed by atoms with Crippen LogP contribution in [0.2, 0.25) is 0 Å². The highest BCUT2D eigenvalue weighted by molar-refractivity contribution is 7.99. The van der Waals surface area contributed by atoms with Crippen molar-refractivity contribution in [2.45, 2.75) is 44.9 Å². The number of benzene rings is 2. The molecule has 0 fully saturated rings. The Kier molecular flexibility index (Phi) is 10.4. The Morgan fingerprint density at radius 1 is 0.966 bits per heavy atom. The zero-order valence-electron chi connectivity index (χ0n) is 17.5. The Morgan fingerprint density at radius 3 is 2.17 bits per heavy atom. The maximum atomic E-state index is 13.1. The Balaban J connectivity index is 2.02. The van der Waals surface area contributed by atoms with Crippen molar-refractivity contribution in [2.75, 3.05) is 18.8 Å². The highest BCUT2D eigenvalue weighted by atomic mass is 32.2. The first-order valence-corrected chi connectivity index (χ1v) is 11.5. The fourth-order valence-electron chi connectivity index (χ4n) is 3.18. The van der Waals surface area contributed by atoms with E-state index in [0.29, 0.717) is 25.3 Å². The molecule has 0 aliphatic rings. The van der Waals surface area contributed by atoms with Gasteiger partial charge in [0.15, 0.2) is 0 Å². The van der Waals surface area contributed by atoms with Gasteiger partial charge >= 0.3 is 0 Å². The summed E-state index contributed by atoms with van der Waals surface area (Å²) >= 11 is 1.60. The molecule has 29 heavy (non-hydrogen) atoms. The standard InChI is InChI=1S/C24H32N2O2S/c1-3-16-25-24(28)22(4-2)26(17-15-20-11-7-5-8-12-20)23(27)19-29-18-21-13-9-6-10-14-21/h5-14,22H,3-4,15-19H2,1-2H3,(H,25,28)/t22-/m1/s1. The first-order valence-electron chi connectivity index (χ1n) is 10.4. The Hall–Kier alpha value is -2.27. The van der Waals surface area contributed by atoms with Gasteiger partial charge in [0.1, 0.15) is 6.04 Å². The molecule has 1 N–H and O–H groups in total. The lowest BCUT2D eigenvalue weighted by Gasteiger charge is -2.30. The van der Waals surface area contributed by atoms with Crippen LogP contribution < -0.4 is 5.32 Å². The minimum absolute atomic E-state index is 0.0281. The van der Waals surface area contributed by atoms with E-state index >= 15 is 0 Å². The maximum absolute atomic E-state index is 13.1. The van der Waals surface area contributed by atoms with E-state index in [-0.39, 0.29) is 11.8 Å². The monoisotopic (exact) mass is 412 g/mol. The second kappa shape index (κ2) is 13.0. The summed E-state index contributed by atoms with van der Waals surface area (Å²) in [4.78, 5) is 27.5. The van der Waals surface area contributed by atoms with Gasteiger partial charge in [0, 0.05) is 18.8 Å². The number of carbonyl (C=O) groups is 2. The minimum Gasteiger partial charge on any atom is -0.354 e. The fourth-order valence-corrected chi connectivity index (χ4v) is 4.05. The van der Waals surface area contributed by atoms with E-state index in [1.807, 2.05) is 50.2 Å². The maximum Gasteiger partial charge on any atom is 0.242 e. The van der Waals surface area contributed by atoms with Crippen LogP contribution in [0.15, 0.2) is 60.7 Å². The van der Waals surface area contributed by atoms with Crippen molar-refractivity contribution < 1.29 is 9.59 Å². The van der Waals surface area contributed by atoms with E-state index in [9.17, 15) is 9.59 Å². The quantitative estimate of drug-likeness (QED) is 0.566. The summed E-state index contributed by atoms with van der Waals surface area (Å²) in [6.45, 7) is 5.18. The fraction of sp³-hybridized carbons (Fsp3) is 0.417. The van der Waals surface area contributed by atoms with Gasteiger partial charge < -0.3 is 10.2 Å². The number of amides is 2. The first-order chi connectivity index (χ1) is 14.2. The van der Waals surface area contributed by atoms with Crippen molar-refractivity contribution in [1.82, 2.24) is 10.2 Å². The van der Waals surface area contributed by atoms with E-state index in [0.717, 1.165) is 18.6 Å². The van der Waals surface area contributed by atoms with Gasteiger partial charge in [0.2, 0.25) is 11.8 Å². The molecule has 0 saturated heterocycles. The number of nitrogens with zero attached hydrogens (tertiary/aromatic N) is 1. The lowest BCUT2D eigenvalue weighted by molar-refractivity contribution is -0.138. The Bertz CT molecular complexity index is 737. The van der Waals surface area contributed by atoms with Gasteiger partial charge in [0.05, 0.1) is 5.75 Å². The molecule has 156 valence electrons. The van der Waals surface area contributed by atoms with Crippen LogP contribution in [-0.4, -0.2) is 41.6 Å². The van der Waals surface area contributed by atoms with Crippen LogP contribution >= 0.6 is 11.8 Å². The SMILES string of the molecule is CCCNC(=O)[C@@H](CC)N(CCc1ccccc1)C(=O)CSCc1ccccc1. The molecule has 0 radical (unpaired) electrons. The third-order valence-electron chi connectivity index (χ3n) is 4.76. The molecule has 2 rings (SSSR count). The van der Waals surface area contributed by atoms with Crippen LogP contribution in [0.1, 0.15) is 37.8 Å². The average Bonchev–Trinajstić information content (AvgIpc) is 2.76. The summed E-state index contributed by atoms with van der Waals surface area (Å²) < 4.78 is 0. The summed E-state index contributed by atoms with van der Waals surface area (Å²) in [5.41, 5.74) is 2.37. The molecule has 0 aliphatic carbocycles. The van der Waals surface area contributed by atoms with Gasteiger partial charge in [-0.15, -0.1) is 11.8 Å². The van der Waals surface area contributed by atoms with Crippen LogP contribution in [0.3, 0.4) is 0 Å². The lowest BCUT2D eigenvalue weighted by Crippen LogP contribution is -2.50. The normalized spacial score (nSPS) is 11.7. The molecule has 0 spiro atoms. The second-order valence-electron chi connectivity index (χ2n) is 7.02. The van der Waals surface area contributed by atoms with Crippen LogP contribution in [0.5, 0.6) is 0 Å². The van der Waals surface area contributed by atoms with E-state index in [2.05, 4.69) is 29.6 Å². The van der Waals surface area contributed by atoms with Crippen molar-refractivity contribution in [3.8, 4) is 0 Å². The number of hydrogen-bond acceptors (Lipinski definition) is 3. The number of hydrogen-bond donors (Lipinski definition) is 1. The summed E-state index contributed by atoms with van der Waals surface area (Å²) in [5, 5.41) is 2.96. The van der Waals surface area contributed by atoms with Crippen molar-refractivity contribution in [3.63, 3.8) is 0 Å². The molecule has 1 atom stereocenters. The van der Waals surface area contributed by atoms with Crippen molar-refractivity contribution in [1.29, 1.82) is 0 Å². The first kappa shape index (κ1) is 23.0. The van der Waals surface area contributed by atoms with E-state index in [4.69, 9.17) is 0 Å². The van der Waals surface area contributed by atoms with Gasteiger partial charge in [-0.3, -0.25) is 9.59 Å². The highest BCUT2D eigenvalue weighted by Gasteiger charge is 2.27. The molecule has 2 aromatic carbocycles. The molecule has 2 amide bonds. The smallest absolute Gasteiger partial charge is 0.242 e. The number of nitrogens with one attached hydrogen (secondary N) is 1. The topological polar surface area (TPSA) is 49.4 Å². The van der Waals surface area contributed by atoms with Crippen molar-refractivity contribution in [3.05, 3.63) is 71.8 Å². The van der Waals surface area contributed by atoms with Gasteiger partial charge in [-0.2, -0.15) is 0 Å². The molecule has 0 aromatic heterocycles. The van der Waals surface area contributed by atoms with Crippen molar-refractivity contribution in [2.24, 2.45) is 0 Å². The lowest BCUT2D eigenvalue weighted by atomic mass is 10.1. The summed E-state index contributed by atoms with van der Waals surface area (Å²) in [6.07, 6.45) is 2.24. The second-order valence-corrected chi connectivity index (χ2v) is 8.00. The molecule has 0 heterocycles. The molecule has 0 bridgehead atoms. The van der Waals surface area contributed by atoms with Crippen LogP contribution in [0.4, 0.5) is 0 Å². The number of carbonyl (C=O) groups excluding carboxylic acids is 2. The van der Waals surface area contributed by atoms with Crippen molar-refractivity contribution >= 4 is 23.6 Å². The minimum atomic E-state index is -0.421. The third kappa shape index (κ3) is 7.94. The van der Waals surface area contributed by atoms with E-state index < -0.39 is 6.04 Å². The zero-order valence-corrected chi connectivity index (χ0v) is 18.3. The molecule has 0 aliphatic heterocycles. The Morgan fingerprint density at radius 2 is 1.59 bits per heavy atom. The van der Waals surface area contributed by atoms with Crippen LogP contribution in [0.25, 0.3) is 0 Å².